The largest absolute Gasteiger partial charge is 0.321 e. The van der Waals surface area contributed by atoms with Gasteiger partial charge in [0.1, 0.15) is 5.82 Å². The summed E-state index contributed by atoms with van der Waals surface area (Å²) in [4.78, 5) is 4.36. The second-order valence-electron chi connectivity index (χ2n) is 4.85. The topological polar surface area (TPSA) is 17.3 Å². The fourth-order valence-electron chi connectivity index (χ4n) is 2.21. The zero-order valence-electron chi connectivity index (χ0n) is 11.7. The van der Waals surface area contributed by atoms with Gasteiger partial charge < -0.3 is 4.57 Å². The molecule has 0 aliphatic heterocycles. The van der Waals surface area contributed by atoms with Crippen molar-refractivity contribution in [3.63, 3.8) is 0 Å². The minimum atomic E-state index is -0.250. The average Bonchev–Trinajstić information content (AvgIpc) is 2.89. The second-order valence-corrected chi connectivity index (χ2v) is 4.85. The Kier molecular flexibility index (Phi) is 3.65. The molecule has 2 nitrogen and oxygen atoms in total. The highest BCUT2D eigenvalue weighted by molar-refractivity contribution is 5.82. The molecule has 104 valence electrons. The van der Waals surface area contributed by atoms with Gasteiger partial charge in [-0.25, -0.2) is 4.39 Å². The molecule has 0 fully saturated rings. The molecule has 1 aromatic heterocycles. The van der Waals surface area contributed by atoms with Gasteiger partial charge in [-0.05, 0) is 49.4 Å². The lowest BCUT2D eigenvalue weighted by atomic mass is 10.3. The monoisotopic (exact) mass is 278 g/mol. The van der Waals surface area contributed by atoms with E-state index in [2.05, 4.69) is 34.7 Å². The van der Waals surface area contributed by atoms with Crippen molar-refractivity contribution in [1.82, 2.24) is 4.57 Å². The van der Waals surface area contributed by atoms with E-state index in [1.165, 1.54) is 12.1 Å². The van der Waals surface area contributed by atoms with E-state index in [1.54, 1.807) is 18.3 Å². The van der Waals surface area contributed by atoms with Gasteiger partial charge >= 0.3 is 0 Å². The zero-order chi connectivity index (χ0) is 14.7. The van der Waals surface area contributed by atoms with Crippen LogP contribution < -0.4 is 0 Å². The molecule has 0 aliphatic carbocycles. The Balaban J connectivity index is 1.86. The summed E-state index contributed by atoms with van der Waals surface area (Å²) < 4.78 is 15.0. The molecule has 0 spiro atoms. The molecule has 0 amide bonds. The maximum absolute atomic E-state index is 12.8. The standard InChI is InChI=1S/C18H15FN2/c1-14-11-15(12-20-17-9-7-16(19)8-10-17)13-21(14)18-5-3-2-4-6-18/h2-13H,1H3. The summed E-state index contributed by atoms with van der Waals surface area (Å²) in [5.74, 6) is -0.250. The van der Waals surface area contributed by atoms with Crippen molar-refractivity contribution in [1.29, 1.82) is 0 Å². The van der Waals surface area contributed by atoms with Crippen LogP contribution in [-0.2, 0) is 0 Å². The highest BCUT2D eigenvalue weighted by Crippen LogP contribution is 2.16. The van der Waals surface area contributed by atoms with Gasteiger partial charge in [0.15, 0.2) is 0 Å². The van der Waals surface area contributed by atoms with Gasteiger partial charge in [0, 0.05) is 29.4 Å². The van der Waals surface area contributed by atoms with E-state index in [4.69, 9.17) is 0 Å². The normalized spacial score (nSPS) is 11.1. The number of aromatic nitrogens is 1. The van der Waals surface area contributed by atoms with Gasteiger partial charge in [0.25, 0.3) is 0 Å². The van der Waals surface area contributed by atoms with E-state index in [0.29, 0.717) is 0 Å². The van der Waals surface area contributed by atoms with Crippen LogP contribution >= 0.6 is 0 Å². The van der Waals surface area contributed by atoms with Gasteiger partial charge in [-0.3, -0.25) is 4.99 Å². The number of para-hydroxylation sites is 1. The Labute approximate surface area is 123 Å². The van der Waals surface area contributed by atoms with Crippen molar-refractivity contribution in [2.45, 2.75) is 6.92 Å². The first-order valence-corrected chi connectivity index (χ1v) is 6.76. The molecular weight excluding hydrogens is 263 g/mol. The molecule has 0 aliphatic rings. The molecule has 0 bridgehead atoms. The second kappa shape index (κ2) is 5.75. The number of hydrogen-bond acceptors (Lipinski definition) is 1. The van der Waals surface area contributed by atoms with Crippen LogP contribution in [0.4, 0.5) is 10.1 Å². The summed E-state index contributed by atoms with van der Waals surface area (Å²) in [5.41, 5.74) is 4.01. The molecule has 0 saturated heterocycles. The quantitative estimate of drug-likeness (QED) is 0.619. The summed E-state index contributed by atoms with van der Waals surface area (Å²) in [5, 5.41) is 0. The molecule has 3 rings (SSSR count). The summed E-state index contributed by atoms with van der Waals surface area (Å²) in [6, 6.07) is 18.4. The van der Waals surface area contributed by atoms with Crippen LogP contribution in [-0.4, -0.2) is 10.8 Å². The van der Waals surface area contributed by atoms with Crippen molar-refractivity contribution >= 4 is 11.9 Å². The first-order chi connectivity index (χ1) is 10.2. The molecular formula is C18H15FN2. The van der Waals surface area contributed by atoms with Crippen LogP contribution in [0.25, 0.3) is 5.69 Å². The third kappa shape index (κ3) is 3.08. The summed E-state index contributed by atoms with van der Waals surface area (Å²) in [7, 11) is 0. The van der Waals surface area contributed by atoms with Crippen LogP contribution in [0.5, 0.6) is 0 Å². The van der Waals surface area contributed by atoms with E-state index < -0.39 is 0 Å². The molecule has 2 aromatic carbocycles. The van der Waals surface area contributed by atoms with Crippen molar-refractivity contribution in [3.05, 3.63) is 83.9 Å². The molecule has 0 saturated carbocycles. The lowest BCUT2D eigenvalue weighted by molar-refractivity contribution is 0.628. The third-order valence-electron chi connectivity index (χ3n) is 3.26. The first kappa shape index (κ1) is 13.3. The van der Waals surface area contributed by atoms with Crippen LogP contribution in [0, 0.1) is 12.7 Å². The molecule has 0 N–H and O–H groups in total. The number of nitrogens with zero attached hydrogens (tertiary/aromatic N) is 2. The highest BCUT2D eigenvalue weighted by Gasteiger charge is 2.02. The number of benzene rings is 2. The van der Waals surface area contributed by atoms with Crippen molar-refractivity contribution < 1.29 is 4.39 Å². The summed E-state index contributed by atoms with van der Waals surface area (Å²) >= 11 is 0. The SMILES string of the molecule is Cc1cc(C=Nc2ccc(F)cc2)cn1-c1ccccc1. The van der Waals surface area contributed by atoms with Crippen molar-refractivity contribution in [2.24, 2.45) is 4.99 Å². The summed E-state index contributed by atoms with van der Waals surface area (Å²) in [6.07, 6.45) is 3.83. The fraction of sp³-hybridized carbons (Fsp3) is 0.0556. The van der Waals surface area contributed by atoms with Crippen LogP contribution in [0.1, 0.15) is 11.3 Å². The molecule has 0 atom stereocenters. The summed E-state index contributed by atoms with van der Waals surface area (Å²) in [6.45, 7) is 2.06. The van der Waals surface area contributed by atoms with Gasteiger partial charge in [0.2, 0.25) is 0 Å². The molecule has 3 aromatic rings. The Morgan fingerprint density at radius 1 is 1.00 bits per heavy atom. The van der Waals surface area contributed by atoms with E-state index in [1.807, 2.05) is 24.4 Å². The number of rotatable bonds is 3. The maximum Gasteiger partial charge on any atom is 0.123 e. The van der Waals surface area contributed by atoms with Crippen LogP contribution in [0.2, 0.25) is 0 Å². The fourth-order valence-corrected chi connectivity index (χ4v) is 2.21. The van der Waals surface area contributed by atoms with E-state index in [-0.39, 0.29) is 5.82 Å². The van der Waals surface area contributed by atoms with Crippen molar-refractivity contribution in [2.75, 3.05) is 0 Å². The zero-order valence-corrected chi connectivity index (χ0v) is 11.7. The number of aryl methyl sites for hydroxylation is 1. The lowest BCUT2D eigenvalue weighted by Gasteiger charge is -2.04. The van der Waals surface area contributed by atoms with E-state index >= 15 is 0 Å². The number of aliphatic imine (C=N–C) groups is 1. The first-order valence-electron chi connectivity index (χ1n) is 6.76. The van der Waals surface area contributed by atoms with Gasteiger partial charge in [-0.2, -0.15) is 0 Å². The van der Waals surface area contributed by atoms with E-state index in [9.17, 15) is 4.39 Å². The average molecular weight is 278 g/mol. The Morgan fingerprint density at radius 3 is 2.43 bits per heavy atom. The van der Waals surface area contributed by atoms with Gasteiger partial charge in [-0.1, -0.05) is 18.2 Å². The predicted octanol–water partition coefficient (Wildman–Crippen LogP) is 4.68. The molecule has 1 heterocycles. The minimum absolute atomic E-state index is 0.250. The molecule has 21 heavy (non-hydrogen) atoms. The highest BCUT2D eigenvalue weighted by atomic mass is 19.1. The Morgan fingerprint density at radius 2 is 1.71 bits per heavy atom. The van der Waals surface area contributed by atoms with E-state index in [0.717, 1.165) is 22.6 Å². The Hall–Kier alpha value is -2.68. The van der Waals surface area contributed by atoms with Crippen LogP contribution in [0.3, 0.4) is 0 Å². The molecule has 3 heteroatoms. The molecule has 0 unspecified atom stereocenters. The Bertz CT molecular complexity index is 756. The molecule has 0 radical (unpaired) electrons. The van der Waals surface area contributed by atoms with Gasteiger partial charge in [-0.15, -0.1) is 0 Å². The number of hydrogen-bond donors (Lipinski definition) is 0. The third-order valence-corrected chi connectivity index (χ3v) is 3.26. The van der Waals surface area contributed by atoms with Crippen LogP contribution in [0.15, 0.2) is 71.9 Å². The van der Waals surface area contributed by atoms with Crippen molar-refractivity contribution in [3.8, 4) is 5.69 Å². The van der Waals surface area contributed by atoms with Gasteiger partial charge in [0.05, 0.1) is 5.69 Å². The smallest absolute Gasteiger partial charge is 0.123 e. The maximum atomic E-state index is 12.8. The number of halogens is 1. The minimum Gasteiger partial charge on any atom is -0.321 e. The lowest BCUT2D eigenvalue weighted by Crippen LogP contribution is -1.93. The predicted molar refractivity (Wildman–Crippen MR) is 84.2 cm³/mol.